The number of benzene rings is 2. The minimum Gasteiger partial charge on any atom is -0.454 e. The van der Waals surface area contributed by atoms with E-state index in [1.54, 1.807) is 22.2 Å². The molecule has 0 atom stereocenters. The summed E-state index contributed by atoms with van der Waals surface area (Å²) in [6.45, 7) is 0.643. The highest BCUT2D eigenvalue weighted by Gasteiger charge is 2.32. The third-order valence-electron chi connectivity index (χ3n) is 5.32. The van der Waals surface area contributed by atoms with Gasteiger partial charge in [-0.3, -0.25) is 8.75 Å². The minimum atomic E-state index is -3.68. The second-order valence-electron chi connectivity index (χ2n) is 6.99. The van der Waals surface area contributed by atoms with Crippen LogP contribution >= 0.6 is 11.5 Å². The number of nitrogens with zero attached hydrogens (tertiary/aromatic N) is 2. The Kier molecular flexibility index (Phi) is 4.37. The van der Waals surface area contributed by atoms with Gasteiger partial charge in [0.2, 0.25) is 16.8 Å². The monoisotopic (exact) mass is 436 g/mol. The Bertz CT molecular complexity index is 1260. The van der Waals surface area contributed by atoms with Crippen molar-refractivity contribution in [1.29, 1.82) is 0 Å². The second-order valence-corrected chi connectivity index (χ2v) is 9.94. The van der Waals surface area contributed by atoms with Gasteiger partial charge in [0.15, 0.2) is 11.5 Å². The molecule has 7 nitrogen and oxygen atoms in total. The number of hydrogen-bond donors (Lipinski definition) is 0. The van der Waals surface area contributed by atoms with E-state index in [4.69, 9.17) is 9.47 Å². The first-order valence-electron chi connectivity index (χ1n) is 9.15. The number of hydrogen-bond acceptors (Lipinski definition) is 6. The molecule has 2 aliphatic rings. The molecule has 2 aromatic carbocycles. The van der Waals surface area contributed by atoms with Crippen LogP contribution in [0.4, 0.5) is 4.39 Å². The Hall–Kier alpha value is -2.43. The van der Waals surface area contributed by atoms with Gasteiger partial charge < -0.3 is 9.47 Å². The van der Waals surface area contributed by atoms with Gasteiger partial charge in [0.1, 0.15) is 5.82 Å². The van der Waals surface area contributed by atoms with Gasteiger partial charge in [0, 0.05) is 19.2 Å². The summed E-state index contributed by atoms with van der Waals surface area (Å²) in [7, 11) is -3.68. The fourth-order valence-corrected chi connectivity index (χ4v) is 6.44. The predicted octanol–water partition coefficient (Wildman–Crippen LogP) is 2.96. The van der Waals surface area contributed by atoms with Crippen LogP contribution < -0.4 is 15.0 Å². The normalized spacial score (nSPS) is 17.8. The van der Waals surface area contributed by atoms with Gasteiger partial charge in [-0.2, -0.15) is 4.31 Å². The van der Waals surface area contributed by atoms with Crippen LogP contribution in [0.3, 0.4) is 0 Å². The summed E-state index contributed by atoms with van der Waals surface area (Å²) >= 11 is 1.23. The fourth-order valence-electron chi connectivity index (χ4n) is 3.79. The molecular formula is C19H17FN2O5S2. The quantitative estimate of drug-likeness (QED) is 0.631. The minimum absolute atomic E-state index is 0.0781. The lowest BCUT2D eigenvalue weighted by Gasteiger charge is -2.31. The number of ether oxygens (including phenoxy) is 2. The lowest BCUT2D eigenvalue weighted by Crippen LogP contribution is -2.40. The van der Waals surface area contributed by atoms with Crippen molar-refractivity contribution in [2.24, 2.45) is 0 Å². The number of rotatable bonds is 3. The van der Waals surface area contributed by atoms with Crippen molar-refractivity contribution in [2.45, 2.75) is 23.8 Å². The number of piperidine rings is 1. The molecule has 3 heterocycles. The van der Waals surface area contributed by atoms with Crippen molar-refractivity contribution >= 4 is 31.6 Å². The molecule has 10 heteroatoms. The van der Waals surface area contributed by atoms with Gasteiger partial charge in [0.05, 0.1) is 21.0 Å². The molecule has 0 aliphatic carbocycles. The van der Waals surface area contributed by atoms with Gasteiger partial charge in [-0.25, -0.2) is 12.8 Å². The van der Waals surface area contributed by atoms with Gasteiger partial charge in [0.25, 0.3) is 5.56 Å². The van der Waals surface area contributed by atoms with Crippen molar-refractivity contribution < 1.29 is 22.3 Å². The van der Waals surface area contributed by atoms with Crippen LogP contribution in [0.5, 0.6) is 11.5 Å². The van der Waals surface area contributed by atoms with Crippen LogP contribution in [0.15, 0.2) is 46.1 Å². The zero-order valence-electron chi connectivity index (χ0n) is 15.2. The molecule has 1 aromatic heterocycles. The molecule has 1 fully saturated rings. The third-order valence-corrected chi connectivity index (χ3v) is 8.42. The number of fused-ring (bicyclic) bond motifs is 2. The Morgan fingerprint density at radius 2 is 1.83 bits per heavy atom. The van der Waals surface area contributed by atoms with Crippen LogP contribution in [0.2, 0.25) is 0 Å². The molecule has 0 saturated carbocycles. The molecule has 0 bridgehead atoms. The molecule has 5 rings (SSSR count). The lowest BCUT2D eigenvalue weighted by atomic mass is 10.1. The summed E-state index contributed by atoms with van der Waals surface area (Å²) in [4.78, 5) is 12.8. The summed E-state index contributed by atoms with van der Waals surface area (Å²) in [5.74, 6) is 0.421. The van der Waals surface area contributed by atoms with E-state index < -0.39 is 15.8 Å². The summed E-state index contributed by atoms with van der Waals surface area (Å²) in [5.41, 5.74) is -0.347. The molecule has 0 unspecified atom stereocenters. The number of aromatic nitrogens is 1. The first kappa shape index (κ1) is 18.6. The predicted molar refractivity (Wildman–Crippen MR) is 106 cm³/mol. The van der Waals surface area contributed by atoms with E-state index in [1.165, 1.54) is 34.0 Å². The van der Waals surface area contributed by atoms with Gasteiger partial charge >= 0.3 is 0 Å². The van der Waals surface area contributed by atoms with Crippen molar-refractivity contribution in [3.63, 3.8) is 0 Å². The Balaban J connectivity index is 1.37. The van der Waals surface area contributed by atoms with Crippen molar-refractivity contribution in [3.8, 4) is 11.5 Å². The highest BCUT2D eigenvalue weighted by atomic mass is 32.2. The highest BCUT2D eigenvalue weighted by Crippen LogP contribution is 2.36. The molecule has 29 heavy (non-hydrogen) atoms. The fraction of sp³-hybridized carbons (Fsp3) is 0.316. The molecule has 0 N–H and O–H groups in total. The zero-order chi connectivity index (χ0) is 20.2. The molecule has 1 saturated heterocycles. The summed E-state index contributed by atoms with van der Waals surface area (Å²) in [5, 5.41) is 0.105. The lowest BCUT2D eigenvalue weighted by molar-refractivity contribution is 0.174. The van der Waals surface area contributed by atoms with Gasteiger partial charge in [-0.1, -0.05) is 17.6 Å². The topological polar surface area (TPSA) is 77.8 Å². The van der Waals surface area contributed by atoms with Crippen LogP contribution in [-0.4, -0.2) is 36.6 Å². The second kappa shape index (κ2) is 6.82. The van der Waals surface area contributed by atoms with Crippen molar-refractivity contribution in [1.82, 2.24) is 8.26 Å². The smallest absolute Gasteiger partial charge is 0.271 e. The molecular weight excluding hydrogens is 419 g/mol. The van der Waals surface area contributed by atoms with Crippen molar-refractivity contribution in [2.75, 3.05) is 19.9 Å². The maximum absolute atomic E-state index is 14.0. The summed E-state index contributed by atoms with van der Waals surface area (Å²) in [6, 6.07) is 9.01. The molecule has 0 spiro atoms. The zero-order valence-corrected chi connectivity index (χ0v) is 16.8. The van der Waals surface area contributed by atoms with E-state index >= 15 is 0 Å². The highest BCUT2D eigenvalue weighted by molar-refractivity contribution is 7.89. The van der Waals surface area contributed by atoms with E-state index in [0.717, 1.165) is 0 Å². The van der Waals surface area contributed by atoms with Crippen LogP contribution in [0.25, 0.3) is 10.1 Å². The largest absolute Gasteiger partial charge is 0.454 e. The molecule has 152 valence electrons. The maximum atomic E-state index is 14.0. The standard InChI is InChI=1S/C19H17FN2O5S2/c20-14-2-1-3-17-18(14)19(23)22(28-17)12-6-8-21(9-7-12)29(24,25)13-4-5-15-16(10-13)27-11-26-15/h1-5,10,12H,6-9,11H2. The van der Waals surface area contributed by atoms with Crippen molar-refractivity contribution in [3.05, 3.63) is 52.6 Å². The van der Waals surface area contributed by atoms with E-state index in [9.17, 15) is 17.6 Å². The summed E-state index contributed by atoms with van der Waals surface area (Å²) in [6.07, 6.45) is 0.969. The van der Waals surface area contributed by atoms with Crippen LogP contribution in [-0.2, 0) is 10.0 Å². The third kappa shape index (κ3) is 3.02. The maximum Gasteiger partial charge on any atom is 0.271 e. The van der Waals surface area contributed by atoms with Gasteiger partial charge in [-0.05, 0) is 37.1 Å². The molecule has 0 amide bonds. The van der Waals surface area contributed by atoms with E-state index in [2.05, 4.69) is 0 Å². The first-order valence-corrected chi connectivity index (χ1v) is 11.4. The first-order chi connectivity index (χ1) is 13.9. The average molecular weight is 436 g/mol. The average Bonchev–Trinajstić information content (AvgIpc) is 3.32. The SMILES string of the molecule is O=c1c2c(F)cccc2sn1C1CCN(S(=O)(=O)c2ccc3c(c2)OCO3)CC1. The summed E-state index contributed by atoms with van der Waals surface area (Å²) < 4.78 is 54.1. The molecule has 3 aromatic rings. The molecule has 0 radical (unpaired) electrons. The number of sulfonamides is 1. The Morgan fingerprint density at radius 1 is 1.07 bits per heavy atom. The van der Waals surface area contributed by atoms with Crippen LogP contribution in [0.1, 0.15) is 18.9 Å². The molecule has 2 aliphatic heterocycles. The van der Waals surface area contributed by atoms with E-state index in [1.807, 2.05) is 0 Å². The Labute approximate surface area is 170 Å². The Morgan fingerprint density at radius 3 is 2.59 bits per heavy atom. The number of halogens is 1. The van der Waals surface area contributed by atoms with Gasteiger partial charge in [-0.15, -0.1) is 0 Å². The van der Waals surface area contributed by atoms with E-state index in [-0.39, 0.29) is 41.8 Å². The van der Waals surface area contributed by atoms with Crippen LogP contribution in [0, 0.1) is 5.82 Å². The van der Waals surface area contributed by atoms with E-state index in [0.29, 0.717) is 29.0 Å².